The second-order valence-corrected chi connectivity index (χ2v) is 3.70. The SMILES string of the molecule is CC/C=C(C)\C(C)=C\SCC. The Morgan fingerprint density at radius 2 is 1.82 bits per heavy atom. The second-order valence-electron chi connectivity index (χ2n) is 2.55. The predicted molar refractivity (Wildman–Crippen MR) is 55.9 cm³/mol. The number of rotatable bonds is 4. The van der Waals surface area contributed by atoms with Crippen LogP contribution in [0.25, 0.3) is 0 Å². The van der Waals surface area contributed by atoms with E-state index in [1.54, 1.807) is 0 Å². The molecule has 0 bridgehead atoms. The Morgan fingerprint density at radius 3 is 2.27 bits per heavy atom. The van der Waals surface area contributed by atoms with Gasteiger partial charge >= 0.3 is 0 Å². The third-order valence-electron chi connectivity index (χ3n) is 1.56. The highest BCUT2D eigenvalue weighted by atomic mass is 32.2. The Labute approximate surface area is 74.8 Å². The molecule has 0 spiro atoms. The molecular formula is C10H18S. The van der Waals surface area contributed by atoms with Crippen molar-refractivity contribution in [2.45, 2.75) is 34.1 Å². The molecule has 0 aliphatic carbocycles. The van der Waals surface area contributed by atoms with E-state index in [1.807, 2.05) is 11.8 Å². The molecule has 1 heteroatoms. The van der Waals surface area contributed by atoms with Crippen molar-refractivity contribution in [3.63, 3.8) is 0 Å². The molecule has 0 N–H and O–H groups in total. The highest BCUT2D eigenvalue weighted by molar-refractivity contribution is 8.02. The van der Waals surface area contributed by atoms with Crippen molar-refractivity contribution in [2.75, 3.05) is 5.75 Å². The van der Waals surface area contributed by atoms with E-state index < -0.39 is 0 Å². The first-order valence-electron chi connectivity index (χ1n) is 4.17. The molecule has 0 unspecified atom stereocenters. The molecule has 0 rings (SSSR count). The van der Waals surface area contributed by atoms with Gasteiger partial charge in [0.1, 0.15) is 0 Å². The molecule has 0 radical (unpaired) electrons. The first-order chi connectivity index (χ1) is 5.22. The van der Waals surface area contributed by atoms with E-state index in [-0.39, 0.29) is 0 Å². The van der Waals surface area contributed by atoms with Gasteiger partial charge in [-0.15, -0.1) is 11.8 Å². The zero-order valence-electron chi connectivity index (χ0n) is 7.98. The summed E-state index contributed by atoms with van der Waals surface area (Å²) >= 11 is 1.87. The first kappa shape index (κ1) is 10.8. The molecule has 0 heterocycles. The smallest absolute Gasteiger partial charge is 0.00543 e. The van der Waals surface area contributed by atoms with Gasteiger partial charge in [-0.1, -0.05) is 25.5 Å². The molecule has 0 atom stereocenters. The Morgan fingerprint density at radius 1 is 1.18 bits per heavy atom. The maximum Gasteiger partial charge on any atom is -0.00543 e. The van der Waals surface area contributed by atoms with Gasteiger partial charge in [-0.3, -0.25) is 0 Å². The third kappa shape index (κ3) is 5.14. The van der Waals surface area contributed by atoms with E-state index in [2.05, 4.69) is 39.2 Å². The molecule has 0 aliphatic heterocycles. The van der Waals surface area contributed by atoms with Crippen LogP contribution in [0.15, 0.2) is 22.6 Å². The lowest BCUT2D eigenvalue weighted by Crippen LogP contribution is -1.77. The summed E-state index contributed by atoms with van der Waals surface area (Å²) in [6, 6.07) is 0. The molecule has 11 heavy (non-hydrogen) atoms. The van der Waals surface area contributed by atoms with Gasteiger partial charge in [0.15, 0.2) is 0 Å². The molecule has 0 aromatic heterocycles. The number of hydrogen-bond acceptors (Lipinski definition) is 1. The maximum atomic E-state index is 2.27. The minimum atomic E-state index is 1.13. The van der Waals surface area contributed by atoms with Crippen molar-refractivity contribution < 1.29 is 0 Å². The maximum absolute atomic E-state index is 2.27. The summed E-state index contributed by atoms with van der Waals surface area (Å²) < 4.78 is 0. The lowest BCUT2D eigenvalue weighted by molar-refractivity contribution is 1.18. The van der Waals surface area contributed by atoms with E-state index in [4.69, 9.17) is 0 Å². The lowest BCUT2D eigenvalue weighted by atomic mass is 10.1. The molecule has 0 aliphatic rings. The summed E-state index contributed by atoms with van der Waals surface area (Å²) in [4.78, 5) is 0. The second kappa shape index (κ2) is 6.53. The molecule has 0 aromatic carbocycles. The molecule has 0 saturated heterocycles. The molecule has 0 fully saturated rings. The van der Waals surface area contributed by atoms with E-state index in [1.165, 1.54) is 11.1 Å². The summed E-state index contributed by atoms with van der Waals surface area (Å²) in [5, 5.41) is 2.24. The van der Waals surface area contributed by atoms with E-state index in [0.717, 1.165) is 12.2 Å². The highest BCUT2D eigenvalue weighted by Crippen LogP contribution is 2.14. The number of thioether (sulfide) groups is 1. The Hall–Kier alpha value is -0.170. The van der Waals surface area contributed by atoms with Crippen LogP contribution >= 0.6 is 11.8 Å². The zero-order valence-corrected chi connectivity index (χ0v) is 8.79. The van der Waals surface area contributed by atoms with Crippen LogP contribution in [0.4, 0.5) is 0 Å². The summed E-state index contributed by atoms with van der Waals surface area (Å²) in [6.07, 6.45) is 3.40. The van der Waals surface area contributed by atoms with Gasteiger partial charge < -0.3 is 0 Å². The quantitative estimate of drug-likeness (QED) is 0.575. The fourth-order valence-corrected chi connectivity index (χ4v) is 1.37. The highest BCUT2D eigenvalue weighted by Gasteiger charge is 1.89. The summed E-state index contributed by atoms with van der Waals surface area (Å²) in [5.41, 5.74) is 2.81. The van der Waals surface area contributed by atoms with Gasteiger partial charge in [0, 0.05) is 0 Å². The van der Waals surface area contributed by atoms with Gasteiger partial charge in [0.05, 0.1) is 0 Å². The summed E-state index contributed by atoms with van der Waals surface area (Å²) in [6.45, 7) is 8.69. The average molecular weight is 170 g/mol. The largest absolute Gasteiger partial charge is 0.134 e. The normalized spacial score (nSPS) is 13.8. The van der Waals surface area contributed by atoms with Crippen LogP contribution in [0.3, 0.4) is 0 Å². The van der Waals surface area contributed by atoms with Crippen LogP contribution in [0.2, 0.25) is 0 Å². The first-order valence-corrected chi connectivity index (χ1v) is 5.22. The summed E-state index contributed by atoms with van der Waals surface area (Å²) in [5.74, 6) is 1.16. The molecular weight excluding hydrogens is 152 g/mol. The molecule has 0 aromatic rings. The van der Waals surface area contributed by atoms with Crippen molar-refractivity contribution in [1.82, 2.24) is 0 Å². The zero-order chi connectivity index (χ0) is 8.69. The van der Waals surface area contributed by atoms with Crippen LogP contribution in [0, 0.1) is 0 Å². The number of hydrogen-bond donors (Lipinski definition) is 0. The van der Waals surface area contributed by atoms with Gasteiger partial charge in [-0.25, -0.2) is 0 Å². The van der Waals surface area contributed by atoms with E-state index >= 15 is 0 Å². The van der Waals surface area contributed by atoms with Crippen LogP contribution in [0.5, 0.6) is 0 Å². The molecule has 0 saturated carbocycles. The minimum absolute atomic E-state index is 1.13. The molecule has 64 valence electrons. The van der Waals surface area contributed by atoms with Crippen molar-refractivity contribution in [2.24, 2.45) is 0 Å². The Kier molecular flexibility index (Phi) is 6.43. The number of allylic oxidation sites excluding steroid dienone is 3. The standard InChI is InChI=1S/C10H18S/c1-5-7-9(3)10(4)8-11-6-2/h7-8H,5-6H2,1-4H3/b9-7-,10-8+. The fraction of sp³-hybridized carbons (Fsp3) is 0.600. The van der Waals surface area contributed by atoms with Crippen LogP contribution in [0.1, 0.15) is 34.1 Å². The van der Waals surface area contributed by atoms with Crippen molar-refractivity contribution in [1.29, 1.82) is 0 Å². The van der Waals surface area contributed by atoms with Crippen LogP contribution in [-0.4, -0.2) is 5.75 Å². The van der Waals surface area contributed by atoms with Crippen molar-refractivity contribution >= 4 is 11.8 Å². The monoisotopic (exact) mass is 170 g/mol. The fourth-order valence-electron chi connectivity index (χ4n) is 0.768. The van der Waals surface area contributed by atoms with E-state index in [9.17, 15) is 0 Å². The van der Waals surface area contributed by atoms with Gasteiger partial charge in [0.25, 0.3) is 0 Å². The van der Waals surface area contributed by atoms with E-state index in [0.29, 0.717) is 0 Å². The van der Waals surface area contributed by atoms with Gasteiger partial charge in [-0.05, 0) is 37.0 Å². The Bertz CT molecular complexity index is 154. The van der Waals surface area contributed by atoms with Gasteiger partial charge in [0.2, 0.25) is 0 Å². The molecule has 0 amide bonds. The Balaban J connectivity index is 4.00. The third-order valence-corrected chi connectivity index (χ3v) is 2.41. The predicted octanol–water partition coefficient (Wildman–Crippen LogP) is 4.00. The van der Waals surface area contributed by atoms with Crippen LogP contribution < -0.4 is 0 Å². The van der Waals surface area contributed by atoms with Crippen molar-refractivity contribution in [3.05, 3.63) is 22.6 Å². The van der Waals surface area contributed by atoms with Crippen LogP contribution in [-0.2, 0) is 0 Å². The summed E-state index contributed by atoms with van der Waals surface area (Å²) in [7, 11) is 0. The lowest BCUT2D eigenvalue weighted by Gasteiger charge is -1.99. The van der Waals surface area contributed by atoms with Crippen molar-refractivity contribution in [3.8, 4) is 0 Å². The molecule has 0 nitrogen and oxygen atoms in total. The average Bonchev–Trinajstić information content (AvgIpc) is 2.00. The topological polar surface area (TPSA) is 0 Å². The van der Waals surface area contributed by atoms with Gasteiger partial charge in [-0.2, -0.15) is 0 Å². The minimum Gasteiger partial charge on any atom is -0.134 e.